The molecular weight excluding hydrogens is 318 g/mol. The quantitative estimate of drug-likeness (QED) is 0.862. The van der Waals surface area contributed by atoms with Crippen molar-refractivity contribution in [1.29, 1.82) is 0 Å². The van der Waals surface area contributed by atoms with Crippen molar-refractivity contribution in [3.63, 3.8) is 0 Å². The lowest BCUT2D eigenvalue weighted by atomic mass is 10.1. The summed E-state index contributed by atoms with van der Waals surface area (Å²) in [5.74, 6) is -1.42. The molecule has 108 valence electrons. The van der Waals surface area contributed by atoms with E-state index in [9.17, 15) is 26.0 Å². The minimum atomic E-state index is -4.77. The van der Waals surface area contributed by atoms with Crippen LogP contribution in [0.4, 0.5) is 17.6 Å². The first-order valence-corrected chi connectivity index (χ1v) is 7.45. The molecular formula is C11H7F4NO2S2. The molecule has 0 aliphatic rings. The second-order valence-electron chi connectivity index (χ2n) is 3.86. The van der Waals surface area contributed by atoms with Crippen molar-refractivity contribution in [3.05, 3.63) is 41.7 Å². The molecule has 2 rings (SSSR count). The lowest BCUT2D eigenvalue weighted by Crippen LogP contribution is -2.09. The molecule has 0 saturated heterocycles. The van der Waals surface area contributed by atoms with Crippen molar-refractivity contribution >= 4 is 21.4 Å². The standard InChI is InChI=1S/C11H7F4NO2S2/c12-8-5-6(1-2-7(8)11(13,14)15)9-3-4-10(19-9)20(16,17)18/h1-5H,(H2,16,17,18). The third-order valence-electron chi connectivity index (χ3n) is 2.42. The van der Waals surface area contributed by atoms with E-state index in [-0.39, 0.29) is 9.77 Å². The number of benzene rings is 1. The van der Waals surface area contributed by atoms with Gasteiger partial charge >= 0.3 is 6.18 Å². The Morgan fingerprint density at radius 3 is 2.20 bits per heavy atom. The van der Waals surface area contributed by atoms with Gasteiger partial charge in [0.15, 0.2) is 0 Å². The van der Waals surface area contributed by atoms with Gasteiger partial charge in [-0.2, -0.15) is 13.2 Å². The third-order valence-corrected chi connectivity index (χ3v) is 4.99. The summed E-state index contributed by atoms with van der Waals surface area (Å²) in [7, 11) is -3.89. The van der Waals surface area contributed by atoms with E-state index in [4.69, 9.17) is 5.14 Å². The Bertz CT molecular complexity index is 750. The van der Waals surface area contributed by atoms with E-state index >= 15 is 0 Å². The first-order chi connectivity index (χ1) is 9.09. The fourth-order valence-corrected chi connectivity index (χ4v) is 3.25. The van der Waals surface area contributed by atoms with Crippen LogP contribution in [0.25, 0.3) is 10.4 Å². The predicted octanol–water partition coefficient (Wildman–Crippen LogP) is 3.22. The largest absolute Gasteiger partial charge is 0.419 e. The van der Waals surface area contributed by atoms with E-state index in [0.29, 0.717) is 17.0 Å². The lowest BCUT2D eigenvalue weighted by molar-refractivity contribution is -0.139. The number of hydrogen-bond donors (Lipinski definition) is 1. The molecule has 2 aromatic rings. The maximum absolute atomic E-state index is 13.4. The Balaban J connectivity index is 2.45. The average molecular weight is 325 g/mol. The second-order valence-corrected chi connectivity index (χ2v) is 6.73. The highest BCUT2D eigenvalue weighted by Gasteiger charge is 2.34. The van der Waals surface area contributed by atoms with Crippen LogP contribution in [-0.2, 0) is 16.2 Å². The Kier molecular flexibility index (Phi) is 3.61. The molecule has 0 fully saturated rings. The molecule has 20 heavy (non-hydrogen) atoms. The van der Waals surface area contributed by atoms with Crippen LogP contribution in [0.15, 0.2) is 34.5 Å². The van der Waals surface area contributed by atoms with Crippen molar-refractivity contribution in [2.24, 2.45) is 5.14 Å². The number of hydrogen-bond acceptors (Lipinski definition) is 3. The molecule has 0 amide bonds. The van der Waals surface area contributed by atoms with Crippen molar-refractivity contribution in [3.8, 4) is 10.4 Å². The van der Waals surface area contributed by atoms with Gasteiger partial charge in [-0.15, -0.1) is 11.3 Å². The summed E-state index contributed by atoms with van der Waals surface area (Å²) in [6.07, 6.45) is -4.77. The van der Waals surface area contributed by atoms with Gasteiger partial charge in [-0.1, -0.05) is 6.07 Å². The number of nitrogens with two attached hydrogens (primary N) is 1. The fraction of sp³-hybridized carbons (Fsp3) is 0.0909. The zero-order valence-corrected chi connectivity index (χ0v) is 11.2. The Morgan fingerprint density at radius 2 is 1.75 bits per heavy atom. The molecule has 0 saturated carbocycles. The van der Waals surface area contributed by atoms with E-state index < -0.39 is 27.6 Å². The molecule has 0 atom stereocenters. The average Bonchev–Trinajstić information content (AvgIpc) is 2.75. The smallest absolute Gasteiger partial charge is 0.224 e. The number of thiophene rings is 1. The minimum Gasteiger partial charge on any atom is -0.224 e. The van der Waals surface area contributed by atoms with Crippen LogP contribution in [0, 0.1) is 5.82 Å². The number of rotatable bonds is 2. The van der Waals surface area contributed by atoms with Gasteiger partial charge in [0.05, 0.1) is 5.56 Å². The van der Waals surface area contributed by atoms with Crippen molar-refractivity contribution in [2.45, 2.75) is 10.4 Å². The number of alkyl halides is 3. The summed E-state index contributed by atoms with van der Waals surface area (Å²) in [4.78, 5) is 0.307. The molecule has 1 aromatic carbocycles. The molecule has 0 aliphatic heterocycles. The van der Waals surface area contributed by atoms with Crippen LogP contribution in [0.5, 0.6) is 0 Å². The van der Waals surface area contributed by atoms with Crippen LogP contribution in [0.3, 0.4) is 0 Å². The zero-order valence-electron chi connectivity index (χ0n) is 9.61. The zero-order chi connectivity index (χ0) is 15.1. The van der Waals surface area contributed by atoms with E-state index in [2.05, 4.69) is 0 Å². The second kappa shape index (κ2) is 4.83. The number of halogens is 4. The Labute approximate surface area is 115 Å². The SMILES string of the molecule is NS(=O)(=O)c1ccc(-c2ccc(C(F)(F)F)c(F)c2)s1. The van der Waals surface area contributed by atoms with Crippen molar-refractivity contribution in [1.82, 2.24) is 0 Å². The molecule has 0 aliphatic carbocycles. The Morgan fingerprint density at radius 1 is 1.10 bits per heavy atom. The monoisotopic (exact) mass is 325 g/mol. The van der Waals surface area contributed by atoms with Crippen LogP contribution in [-0.4, -0.2) is 8.42 Å². The molecule has 2 N–H and O–H groups in total. The highest BCUT2D eigenvalue weighted by atomic mass is 32.2. The van der Waals surface area contributed by atoms with Gasteiger partial charge in [0, 0.05) is 4.88 Å². The summed E-state index contributed by atoms with van der Waals surface area (Å²) >= 11 is 0.754. The summed E-state index contributed by atoms with van der Waals surface area (Å²) in [6.45, 7) is 0. The lowest BCUT2D eigenvalue weighted by Gasteiger charge is -2.08. The van der Waals surface area contributed by atoms with Crippen molar-refractivity contribution < 1.29 is 26.0 Å². The van der Waals surface area contributed by atoms with Crippen LogP contribution >= 0.6 is 11.3 Å². The van der Waals surface area contributed by atoms with Gasteiger partial charge in [-0.05, 0) is 29.8 Å². The third kappa shape index (κ3) is 3.00. The van der Waals surface area contributed by atoms with E-state index in [0.717, 1.165) is 17.4 Å². The van der Waals surface area contributed by atoms with Gasteiger partial charge in [-0.25, -0.2) is 17.9 Å². The first-order valence-electron chi connectivity index (χ1n) is 5.09. The molecule has 0 spiro atoms. The topological polar surface area (TPSA) is 60.2 Å². The van der Waals surface area contributed by atoms with E-state index in [1.807, 2.05) is 0 Å². The Hall–Kier alpha value is -1.45. The van der Waals surface area contributed by atoms with Gasteiger partial charge in [0.1, 0.15) is 10.0 Å². The minimum absolute atomic E-state index is 0.146. The van der Waals surface area contributed by atoms with E-state index in [1.54, 1.807) is 0 Å². The number of primary sulfonamides is 1. The highest BCUT2D eigenvalue weighted by molar-refractivity contribution is 7.91. The molecule has 9 heteroatoms. The van der Waals surface area contributed by atoms with Gasteiger partial charge in [0.25, 0.3) is 0 Å². The molecule has 3 nitrogen and oxygen atoms in total. The van der Waals surface area contributed by atoms with Crippen molar-refractivity contribution in [2.75, 3.05) is 0 Å². The first kappa shape index (κ1) is 14.9. The highest BCUT2D eigenvalue weighted by Crippen LogP contribution is 2.35. The maximum atomic E-state index is 13.4. The van der Waals surface area contributed by atoms with Crippen LogP contribution in [0.2, 0.25) is 0 Å². The molecule has 0 radical (unpaired) electrons. The van der Waals surface area contributed by atoms with Crippen LogP contribution in [0.1, 0.15) is 5.56 Å². The fourth-order valence-electron chi connectivity index (χ4n) is 1.53. The summed E-state index contributed by atoms with van der Waals surface area (Å²) < 4.78 is 72.7. The molecule has 0 unspecified atom stereocenters. The predicted molar refractivity (Wildman–Crippen MR) is 66.1 cm³/mol. The summed E-state index contributed by atoms with van der Waals surface area (Å²) in [6, 6.07) is 4.96. The molecule has 1 aromatic heterocycles. The van der Waals surface area contributed by atoms with E-state index in [1.165, 1.54) is 12.1 Å². The summed E-state index contributed by atoms with van der Waals surface area (Å²) in [5.41, 5.74) is -1.22. The van der Waals surface area contributed by atoms with Gasteiger partial charge in [-0.3, -0.25) is 0 Å². The van der Waals surface area contributed by atoms with Gasteiger partial charge < -0.3 is 0 Å². The summed E-state index contributed by atoms with van der Waals surface area (Å²) in [5, 5.41) is 4.92. The normalized spacial score (nSPS) is 12.7. The molecule has 1 heterocycles. The number of sulfonamides is 1. The van der Waals surface area contributed by atoms with Crippen LogP contribution < -0.4 is 5.14 Å². The maximum Gasteiger partial charge on any atom is 0.419 e. The molecule has 0 bridgehead atoms. The van der Waals surface area contributed by atoms with Gasteiger partial charge in [0.2, 0.25) is 10.0 Å².